The fourth-order valence-electron chi connectivity index (χ4n) is 3.52. The van der Waals surface area contributed by atoms with Crippen LogP contribution in [0.3, 0.4) is 0 Å². The maximum Gasteiger partial charge on any atom is 0.405 e. The summed E-state index contributed by atoms with van der Waals surface area (Å²) in [6, 6.07) is 9.22. The predicted molar refractivity (Wildman–Crippen MR) is 137 cm³/mol. The molecule has 0 bridgehead atoms. The van der Waals surface area contributed by atoms with Crippen molar-refractivity contribution in [1.82, 2.24) is 4.72 Å². The van der Waals surface area contributed by atoms with Gasteiger partial charge in [-0.2, -0.15) is 13.2 Å². The highest BCUT2D eigenvalue weighted by atomic mass is 35.5. The lowest BCUT2D eigenvalue weighted by Gasteiger charge is -2.28. The average molecular weight is 607 g/mol. The number of amides is 4. The summed E-state index contributed by atoms with van der Waals surface area (Å²) in [6.45, 7) is -1.28. The van der Waals surface area contributed by atoms with Crippen LogP contribution >= 0.6 is 34.5 Å². The SMILES string of the molecule is O=C(Nc1ccc(N2C(=O)Cc3cc(NCC(F)(F)F)ccc3C2=O)c(Cl)c1)NS(=O)(=O)c1ccc(Cl)s1. The first-order chi connectivity index (χ1) is 17.7. The number of imide groups is 1. The Morgan fingerprint density at radius 1 is 1.03 bits per heavy atom. The number of benzene rings is 2. The summed E-state index contributed by atoms with van der Waals surface area (Å²) >= 11 is 12.8. The lowest BCUT2D eigenvalue weighted by atomic mass is 9.97. The number of nitrogens with zero attached hydrogens (tertiary/aromatic N) is 1. The van der Waals surface area contributed by atoms with E-state index in [1.165, 1.54) is 48.5 Å². The van der Waals surface area contributed by atoms with E-state index in [0.29, 0.717) is 0 Å². The predicted octanol–water partition coefficient (Wildman–Crippen LogP) is 5.27. The Morgan fingerprint density at radius 3 is 2.37 bits per heavy atom. The number of hydrogen-bond donors (Lipinski definition) is 3. The van der Waals surface area contributed by atoms with E-state index in [1.54, 1.807) is 0 Å². The Balaban J connectivity index is 1.49. The van der Waals surface area contributed by atoms with Crippen molar-refractivity contribution in [3.63, 3.8) is 0 Å². The van der Waals surface area contributed by atoms with Crippen LogP contribution in [0.15, 0.2) is 52.7 Å². The third kappa shape index (κ3) is 6.20. The van der Waals surface area contributed by atoms with Gasteiger partial charge in [-0.15, -0.1) is 11.3 Å². The number of carbonyl (C=O) groups excluding carboxylic acids is 3. The molecule has 38 heavy (non-hydrogen) atoms. The number of hydrogen-bond acceptors (Lipinski definition) is 7. The van der Waals surface area contributed by atoms with Gasteiger partial charge in [0.2, 0.25) is 5.91 Å². The van der Waals surface area contributed by atoms with Crippen molar-refractivity contribution in [3.8, 4) is 0 Å². The van der Waals surface area contributed by atoms with E-state index >= 15 is 0 Å². The van der Waals surface area contributed by atoms with Crippen molar-refractivity contribution in [1.29, 1.82) is 0 Å². The Kier molecular flexibility index (Phi) is 7.61. The molecule has 9 nitrogen and oxygen atoms in total. The second kappa shape index (κ2) is 10.4. The molecule has 0 spiro atoms. The van der Waals surface area contributed by atoms with Crippen LogP contribution in [0.5, 0.6) is 0 Å². The summed E-state index contributed by atoms with van der Waals surface area (Å²) in [6.07, 6.45) is -4.71. The second-order valence-corrected chi connectivity index (χ2v) is 11.9. The molecule has 16 heteroatoms. The zero-order valence-corrected chi connectivity index (χ0v) is 21.9. The lowest BCUT2D eigenvalue weighted by molar-refractivity contribution is -0.117. The summed E-state index contributed by atoms with van der Waals surface area (Å²) in [7, 11) is -4.17. The number of sulfonamides is 1. The van der Waals surface area contributed by atoms with E-state index in [1.807, 2.05) is 4.72 Å². The molecule has 4 rings (SSSR count). The van der Waals surface area contributed by atoms with Crippen LogP contribution in [0.25, 0.3) is 0 Å². The van der Waals surface area contributed by atoms with Crippen LogP contribution in [0, 0.1) is 0 Å². The number of thiophene rings is 1. The van der Waals surface area contributed by atoms with Crippen molar-refractivity contribution >= 4 is 79.5 Å². The van der Waals surface area contributed by atoms with Crippen LogP contribution < -0.4 is 20.3 Å². The van der Waals surface area contributed by atoms with Crippen molar-refractivity contribution in [3.05, 3.63) is 69.0 Å². The summed E-state index contributed by atoms with van der Waals surface area (Å²) in [4.78, 5) is 38.9. The third-order valence-electron chi connectivity index (χ3n) is 5.11. The Morgan fingerprint density at radius 2 is 1.74 bits per heavy atom. The molecule has 0 saturated carbocycles. The molecule has 4 amide bonds. The van der Waals surface area contributed by atoms with Crippen LogP contribution in [0.2, 0.25) is 9.36 Å². The Bertz CT molecular complexity index is 1560. The largest absolute Gasteiger partial charge is 0.405 e. The van der Waals surface area contributed by atoms with Gasteiger partial charge in [0, 0.05) is 16.9 Å². The van der Waals surface area contributed by atoms with Gasteiger partial charge in [-0.25, -0.2) is 22.8 Å². The number of urea groups is 1. The van der Waals surface area contributed by atoms with Crippen LogP contribution in [-0.4, -0.2) is 39.0 Å². The molecular weight excluding hydrogens is 592 g/mol. The lowest BCUT2D eigenvalue weighted by Crippen LogP contribution is -2.42. The number of halogens is 5. The zero-order valence-electron chi connectivity index (χ0n) is 18.7. The highest BCUT2D eigenvalue weighted by Crippen LogP contribution is 2.34. The van der Waals surface area contributed by atoms with Gasteiger partial charge < -0.3 is 10.6 Å². The molecule has 0 radical (unpaired) electrons. The Hall–Kier alpha value is -3.33. The third-order valence-corrected chi connectivity index (χ3v) is 8.47. The summed E-state index contributed by atoms with van der Waals surface area (Å²) < 4.78 is 63.8. The smallest absolute Gasteiger partial charge is 0.376 e. The first-order valence-corrected chi connectivity index (χ1v) is 13.5. The van der Waals surface area contributed by atoms with Crippen molar-refractivity contribution in [2.75, 3.05) is 22.1 Å². The average Bonchev–Trinajstić information content (AvgIpc) is 3.25. The summed E-state index contributed by atoms with van der Waals surface area (Å²) in [5, 5.41) is 4.39. The molecule has 2 heterocycles. The molecule has 1 aliphatic heterocycles. The van der Waals surface area contributed by atoms with Crippen LogP contribution in [-0.2, 0) is 21.2 Å². The molecule has 2 aromatic carbocycles. The summed E-state index contributed by atoms with van der Waals surface area (Å²) in [5.41, 5.74) is 0.527. The normalized spacial score (nSPS) is 13.8. The molecule has 0 atom stereocenters. The van der Waals surface area contributed by atoms with E-state index in [9.17, 15) is 36.0 Å². The van der Waals surface area contributed by atoms with Gasteiger partial charge in [0.05, 0.1) is 21.5 Å². The van der Waals surface area contributed by atoms with Crippen molar-refractivity contribution < 1.29 is 36.0 Å². The molecule has 0 fully saturated rings. The van der Waals surface area contributed by atoms with E-state index < -0.39 is 40.6 Å². The molecule has 3 aromatic rings. The van der Waals surface area contributed by atoms with E-state index in [0.717, 1.165) is 16.2 Å². The quantitative estimate of drug-likeness (QED) is 0.328. The number of anilines is 3. The van der Waals surface area contributed by atoms with Gasteiger partial charge in [0.1, 0.15) is 10.8 Å². The highest BCUT2D eigenvalue weighted by Gasteiger charge is 2.34. The fourth-order valence-corrected chi connectivity index (χ4v) is 6.17. The van der Waals surface area contributed by atoms with Gasteiger partial charge >= 0.3 is 12.2 Å². The molecular formula is C22H15Cl2F3N4O5S2. The Labute approximate surface area is 227 Å². The zero-order chi connectivity index (χ0) is 27.8. The molecule has 0 aliphatic carbocycles. The van der Waals surface area contributed by atoms with Gasteiger partial charge in [0.25, 0.3) is 15.9 Å². The highest BCUT2D eigenvalue weighted by molar-refractivity contribution is 7.92. The number of fused-ring (bicyclic) bond motifs is 1. The molecule has 1 aliphatic rings. The van der Waals surface area contributed by atoms with E-state index in [4.69, 9.17) is 23.2 Å². The van der Waals surface area contributed by atoms with Gasteiger partial charge in [-0.05, 0) is 54.1 Å². The first-order valence-electron chi connectivity index (χ1n) is 10.4. The van der Waals surface area contributed by atoms with Crippen LogP contribution in [0.4, 0.5) is 35.0 Å². The maximum atomic E-state index is 13.1. The molecule has 0 unspecified atom stereocenters. The minimum Gasteiger partial charge on any atom is -0.376 e. The van der Waals surface area contributed by atoms with Gasteiger partial charge in [-0.3, -0.25) is 9.59 Å². The fraction of sp³-hybridized carbons (Fsp3) is 0.136. The van der Waals surface area contributed by atoms with E-state index in [2.05, 4.69) is 10.6 Å². The standard InChI is InChI=1S/C22H15Cl2F3N4O5S2/c23-15-9-13(29-21(34)30-38(35,36)19-6-5-17(24)37-19)2-4-16(15)31-18(32)8-11-7-12(28-10-22(25,26)27)1-3-14(11)20(31)33/h1-7,9,28H,8,10H2,(H2,29,30,34). The second-order valence-electron chi connectivity index (χ2n) is 7.84. The number of carbonyl (C=O) groups is 3. The number of nitrogens with one attached hydrogen (secondary N) is 3. The molecule has 0 saturated heterocycles. The monoisotopic (exact) mass is 606 g/mol. The van der Waals surface area contributed by atoms with E-state index in [-0.39, 0.29) is 48.2 Å². The molecule has 1 aromatic heterocycles. The van der Waals surface area contributed by atoms with Crippen molar-refractivity contribution in [2.24, 2.45) is 0 Å². The minimum atomic E-state index is -4.44. The van der Waals surface area contributed by atoms with Gasteiger partial charge in [0.15, 0.2) is 0 Å². The van der Waals surface area contributed by atoms with Gasteiger partial charge in [-0.1, -0.05) is 23.2 Å². The molecule has 3 N–H and O–H groups in total. The molecule has 200 valence electrons. The topological polar surface area (TPSA) is 125 Å². The minimum absolute atomic E-state index is 0.00148. The number of rotatable bonds is 6. The van der Waals surface area contributed by atoms with Crippen LogP contribution in [0.1, 0.15) is 15.9 Å². The number of alkyl halides is 3. The summed E-state index contributed by atoms with van der Waals surface area (Å²) in [5.74, 6) is -1.41. The maximum absolute atomic E-state index is 13.1. The first kappa shape index (κ1) is 27.7. The van der Waals surface area contributed by atoms with Crippen molar-refractivity contribution in [2.45, 2.75) is 16.8 Å².